The van der Waals surface area contributed by atoms with Gasteiger partial charge in [0.25, 0.3) is 0 Å². The number of esters is 1. The number of aromatic nitrogens is 2. The minimum absolute atomic E-state index is 0.00728. The molecule has 3 aromatic rings. The lowest BCUT2D eigenvalue weighted by Gasteiger charge is -2.19. The standard InChI is InChI=1S/C20H18F3N3O3/c1-28-18(27)13-26(11-14-6-3-2-4-7-14)12-17-24-19(25-29-17)15-8-5-9-16(10-15)20(21,22)23/h2-10H,11-13H2,1H3. The predicted octanol–water partition coefficient (Wildman–Crippen LogP) is 3.93. The Morgan fingerprint density at radius 1 is 1.10 bits per heavy atom. The van der Waals surface area contributed by atoms with E-state index in [1.165, 1.54) is 19.2 Å². The van der Waals surface area contributed by atoms with E-state index in [1.54, 1.807) is 4.90 Å². The van der Waals surface area contributed by atoms with Crippen LogP contribution in [0.4, 0.5) is 13.2 Å². The average molecular weight is 405 g/mol. The first kappa shape index (κ1) is 20.5. The summed E-state index contributed by atoms with van der Waals surface area (Å²) in [4.78, 5) is 17.6. The van der Waals surface area contributed by atoms with Gasteiger partial charge >= 0.3 is 12.1 Å². The summed E-state index contributed by atoms with van der Waals surface area (Å²) in [5, 5.41) is 3.77. The second-order valence-electron chi connectivity index (χ2n) is 6.30. The maximum absolute atomic E-state index is 12.9. The molecule has 9 heteroatoms. The fourth-order valence-corrected chi connectivity index (χ4v) is 2.72. The Kier molecular flexibility index (Phi) is 6.28. The number of alkyl halides is 3. The van der Waals surface area contributed by atoms with Crippen LogP contribution in [-0.2, 0) is 28.8 Å². The zero-order chi connectivity index (χ0) is 20.9. The summed E-state index contributed by atoms with van der Waals surface area (Å²) < 4.78 is 48.6. The van der Waals surface area contributed by atoms with Gasteiger partial charge < -0.3 is 9.26 Å². The number of ether oxygens (including phenoxy) is 1. The van der Waals surface area contributed by atoms with Gasteiger partial charge in [0.05, 0.1) is 25.8 Å². The van der Waals surface area contributed by atoms with Gasteiger partial charge in [-0.15, -0.1) is 0 Å². The van der Waals surface area contributed by atoms with Crippen molar-refractivity contribution in [1.29, 1.82) is 0 Å². The molecule has 0 spiro atoms. The molecule has 0 bridgehead atoms. The number of benzene rings is 2. The van der Waals surface area contributed by atoms with E-state index in [1.807, 2.05) is 30.3 Å². The molecule has 6 nitrogen and oxygen atoms in total. The van der Waals surface area contributed by atoms with Crippen LogP contribution in [0.3, 0.4) is 0 Å². The summed E-state index contributed by atoms with van der Waals surface area (Å²) in [5.74, 6) is -0.209. The number of hydrogen-bond acceptors (Lipinski definition) is 6. The molecule has 0 fully saturated rings. The largest absolute Gasteiger partial charge is 0.468 e. The van der Waals surface area contributed by atoms with E-state index in [0.29, 0.717) is 6.54 Å². The molecular formula is C20H18F3N3O3. The van der Waals surface area contributed by atoms with E-state index in [2.05, 4.69) is 10.1 Å². The Labute approximate surface area is 164 Å². The van der Waals surface area contributed by atoms with Gasteiger partial charge in [0, 0.05) is 12.1 Å². The molecule has 0 aliphatic rings. The molecule has 2 aromatic carbocycles. The zero-order valence-corrected chi connectivity index (χ0v) is 15.5. The molecule has 0 aliphatic carbocycles. The molecule has 0 saturated heterocycles. The summed E-state index contributed by atoms with van der Waals surface area (Å²) in [7, 11) is 1.29. The SMILES string of the molecule is COC(=O)CN(Cc1ccccc1)Cc1nc(-c2cccc(C(F)(F)F)c2)no1. The summed E-state index contributed by atoms with van der Waals surface area (Å²) >= 11 is 0. The van der Waals surface area contributed by atoms with Gasteiger partial charge in [0.15, 0.2) is 0 Å². The first-order chi connectivity index (χ1) is 13.8. The first-order valence-electron chi connectivity index (χ1n) is 8.68. The Balaban J connectivity index is 1.77. The van der Waals surface area contributed by atoms with Crippen molar-refractivity contribution in [2.24, 2.45) is 0 Å². The lowest BCUT2D eigenvalue weighted by molar-refractivity contribution is -0.142. The maximum atomic E-state index is 12.9. The number of hydrogen-bond donors (Lipinski definition) is 0. The van der Waals surface area contributed by atoms with Crippen molar-refractivity contribution in [1.82, 2.24) is 15.0 Å². The molecule has 152 valence electrons. The Bertz CT molecular complexity index is 958. The Hall–Kier alpha value is -3.20. The normalized spacial score (nSPS) is 11.6. The van der Waals surface area contributed by atoms with E-state index in [0.717, 1.165) is 17.7 Å². The topological polar surface area (TPSA) is 68.5 Å². The molecule has 0 radical (unpaired) electrons. The quantitative estimate of drug-likeness (QED) is 0.555. The summed E-state index contributed by atoms with van der Waals surface area (Å²) in [6, 6.07) is 14.2. The van der Waals surface area contributed by atoms with Gasteiger partial charge in [0.1, 0.15) is 0 Å². The van der Waals surface area contributed by atoms with E-state index in [4.69, 9.17) is 9.26 Å². The van der Waals surface area contributed by atoms with Crippen LogP contribution in [0.15, 0.2) is 59.1 Å². The number of nitrogens with zero attached hydrogens (tertiary/aromatic N) is 3. The fraction of sp³-hybridized carbons (Fsp3) is 0.250. The van der Waals surface area contributed by atoms with E-state index >= 15 is 0 Å². The molecule has 0 atom stereocenters. The first-order valence-corrected chi connectivity index (χ1v) is 8.68. The van der Waals surface area contributed by atoms with Crippen LogP contribution < -0.4 is 0 Å². The van der Waals surface area contributed by atoms with Crippen molar-refractivity contribution in [3.05, 3.63) is 71.6 Å². The lowest BCUT2D eigenvalue weighted by Crippen LogP contribution is -2.30. The molecule has 0 aliphatic heterocycles. The highest BCUT2D eigenvalue weighted by Crippen LogP contribution is 2.31. The number of methoxy groups -OCH3 is 1. The van der Waals surface area contributed by atoms with Gasteiger partial charge in [-0.05, 0) is 17.7 Å². The molecule has 3 rings (SSSR count). The highest BCUT2D eigenvalue weighted by Gasteiger charge is 2.30. The average Bonchev–Trinajstić information content (AvgIpc) is 3.16. The second kappa shape index (κ2) is 8.87. The third-order valence-electron chi connectivity index (χ3n) is 4.10. The van der Waals surface area contributed by atoms with E-state index < -0.39 is 17.7 Å². The van der Waals surface area contributed by atoms with Gasteiger partial charge in [-0.3, -0.25) is 9.69 Å². The van der Waals surface area contributed by atoms with Gasteiger partial charge in [-0.2, -0.15) is 18.2 Å². The number of rotatable bonds is 7. The molecular weight excluding hydrogens is 387 g/mol. The predicted molar refractivity (Wildman–Crippen MR) is 97.3 cm³/mol. The van der Waals surface area contributed by atoms with Crippen molar-refractivity contribution in [2.75, 3.05) is 13.7 Å². The molecule has 0 amide bonds. The lowest BCUT2D eigenvalue weighted by atomic mass is 10.1. The smallest absolute Gasteiger partial charge is 0.416 e. The number of halogens is 3. The van der Waals surface area contributed by atoms with Crippen LogP contribution >= 0.6 is 0 Å². The molecule has 0 N–H and O–H groups in total. The van der Waals surface area contributed by atoms with E-state index in [-0.39, 0.29) is 30.4 Å². The van der Waals surface area contributed by atoms with Crippen molar-refractivity contribution < 1.29 is 27.2 Å². The van der Waals surface area contributed by atoms with Crippen molar-refractivity contribution in [2.45, 2.75) is 19.3 Å². The molecule has 1 aromatic heterocycles. The third-order valence-corrected chi connectivity index (χ3v) is 4.10. The monoisotopic (exact) mass is 405 g/mol. The molecule has 1 heterocycles. The summed E-state index contributed by atoms with van der Waals surface area (Å²) in [6.45, 7) is 0.555. The number of carbonyl (C=O) groups excluding carboxylic acids is 1. The summed E-state index contributed by atoms with van der Waals surface area (Å²) in [6.07, 6.45) is -4.46. The van der Waals surface area contributed by atoms with Crippen LogP contribution in [0.1, 0.15) is 17.0 Å². The summed E-state index contributed by atoms with van der Waals surface area (Å²) in [5.41, 5.74) is 0.365. The van der Waals surface area contributed by atoms with Crippen LogP contribution in [0.5, 0.6) is 0 Å². The Morgan fingerprint density at radius 2 is 1.86 bits per heavy atom. The van der Waals surface area contributed by atoms with Crippen molar-refractivity contribution in [3.8, 4) is 11.4 Å². The van der Waals surface area contributed by atoms with Crippen molar-refractivity contribution >= 4 is 5.97 Å². The third kappa shape index (κ3) is 5.64. The highest BCUT2D eigenvalue weighted by molar-refractivity contribution is 5.71. The fourth-order valence-electron chi connectivity index (χ4n) is 2.72. The maximum Gasteiger partial charge on any atom is 0.416 e. The van der Waals surface area contributed by atoms with Crippen LogP contribution in [0, 0.1) is 0 Å². The zero-order valence-electron chi connectivity index (χ0n) is 15.5. The highest BCUT2D eigenvalue weighted by atomic mass is 19.4. The van der Waals surface area contributed by atoms with Crippen molar-refractivity contribution in [3.63, 3.8) is 0 Å². The second-order valence-corrected chi connectivity index (χ2v) is 6.30. The molecule has 29 heavy (non-hydrogen) atoms. The number of carbonyl (C=O) groups is 1. The van der Waals surface area contributed by atoms with Gasteiger partial charge in [-0.1, -0.05) is 47.6 Å². The van der Waals surface area contributed by atoms with E-state index in [9.17, 15) is 18.0 Å². The van der Waals surface area contributed by atoms with Crippen LogP contribution in [-0.4, -0.2) is 34.7 Å². The Morgan fingerprint density at radius 3 is 2.55 bits per heavy atom. The minimum atomic E-state index is -4.46. The van der Waals surface area contributed by atoms with Gasteiger partial charge in [0.2, 0.25) is 11.7 Å². The van der Waals surface area contributed by atoms with Crippen LogP contribution in [0.2, 0.25) is 0 Å². The molecule has 0 saturated carbocycles. The minimum Gasteiger partial charge on any atom is -0.468 e. The van der Waals surface area contributed by atoms with Gasteiger partial charge in [-0.25, -0.2) is 0 Å². The van der Waals surface area contributed by atoms with Crippen LogP contribution in [0.25, 0.3) is 11.4 Å². The molecule has 0 unspecified atom stereocenters.